The van der Waals surface area contributed by atoms with Crippen molar-refractivity contribution >= 4 is 33.2 Å². The van der Waals surface area contributed by atoms with Crippen molar-refractivity contribution in [1.29, 1.82) is 0 Å². The Labute approximate surface area is 169 Å². The van der Waals surface area contributed by atoms with Crippen molar-refractivity contribution in [2.45, 2.75) is 11.8 Å². The summed E-state index contributed by atoms with van der Waals surface area (Å²) in [6.45, 7) is 5.96. The summed E-state index contributed by atoms with van der Waals surface area (Å²) in [6.07, 6.45) is 1.54. The summed E-state index contributed by atoms with van der Waals surface area (Å²) in [6, 6.07) is 10.5. The third kappa shape index (κ3) is 6.17. The van der Waals surface area contributed by atoms with Crippen molar-refractivity contribution in [2.24, 2.45) is 0 Å². The van der Waals surface area contributed by atoms with Gasteiger partial charge in [-0.25, -0.2) is 8.42 Å². The van der Waals surface area contributed by atoms with Crippen molar-refractivity contribution in [2.75, 3.05) is 24.5 Å². The Bertz CT molecular complexity index is 930. The molecular formula is C19H21ClN2O5S. The maximum Gasteiger partial charge on any atom is 0.261 e. The molecule has 0 heterocycles. The third-order valence-corrected chi connectivity index (χ3v) is 5.11. The molecule has 28 heavy (non-hydrogen) atoms. The summed E-state index contributed by atoms with van der Waals surface area (Å²) in [5, 5.41) is 2.63. The van der Waals surface area contributed by atoms with Crippen LogP contribution in [0.3, 0.4) is 0 Å². The molecule has 9 heteroatoms. The fourth-order valence-corrected chi connectivity index (χ4v) is 3.53. The van der Waals surface area contributed by atoms with Gasteiger partial charge in [-0.05, 0) is 49.4 Å². The van der Waals surface area contributed by atoms with E-state index in [2.05, 4.69) is 16.6 Å². The summed E-state index contributed by atoms with van der Waals surface area (Å²) in [5.74, 6) is 0.507. The lowest BCUT2D eigenvalue weighted by molar-refractivity contribution is -0.122. The second-order valence-corrected chi connectivity index (χ2v) is 7.63. The summed E-state index contributed by atoms with van der Waals surface area (Å²) in [5.41, 5.74) is 0.388. The minimum Gasteiger partial charge on any atom is -0.494 e. The predicted octanol–water partition coefficient (Wildman–Crippen LogP) is 3.22. The number of sulfonamides is 1. The molecule has 0 aromatic heterocycles. The van der Waals surface area contributed by atoms with E-state index in [1.165, 1.54) is 18.2 Å². The number of benzene rings is 2. The molecule has 0 radical (unpaired) electrons. The van der Waals surface area contributed by atoms with Gasteiger partial charge < -0.3 is 14.8 Å². The number of hydrogen-bond acceptors (Lipinski definition) is 5. The van der Waals surface area contributed by atoms with Crippen molar-refractivity contribution in [3.05, 3.63) is 60.1 Å². The molecule has 2 rings (SSSR count). The minimum absolute atomic E-state index is 0.0326. The van der Waals surface area contributed by atoms with Crippen LogP contribution in [0.2, 0.25) is 5.02 Å². The highest BCUT2D eigenvalue weighted by Crippen LogP contribution is 2.28. The average Bonchev–Trinajstić information content (AvgIpc) is 2.67. The molecule has 2 aromatic carbocycles. The van der Waals surface area contributed by atoms with Gasteiger partial charge in [0, 0.05) is 12.2 Å². The van der Waals surface area contributed by atoms with Gasteiger partial charge in [0.25, 0.3) is 15.9 Å². The number of anilines is 1. The highest BCUT2D eigenvalue weighted by Gasteiger charge is 2.17. The van der Waals surface area contributed by atoms with Crippen LogP contribution in [0.15, 0.2) is 60.0 Å². The molecule has 0 fully saturated rings. The van der Waals surface area contributed by atoms with Crippen molar-refractivity contribution in [3.8, 4) is 11.5 Å². The van der Waals surface area contributed by atoms with Crippen LogP contribution in [0, 0.1) is 0 Å². The molecule has 0 bridgehead atoms. The van der Waals surface area contributed by atoms with E-state index in [9.17, 15) is 13.2 Å². The van der Waals surface area contributed by atoms with Gasteiger partial charge in [0.1, 0.15) is 11.5 Å². The molecule has 1 amide bonds. The van der Waals surface area contributed by atoms with E-state index < -0.39 is 10.0 Å². The van der Waals surface area contributed by atoms with E-state index in [4.69, 9.17) is 21.1 Å². The SMILES string of the molecule is C=CCNC(=O)COc1ccc(S(=O)(=O)Nc2ccc(OCC)cc2)cc1Cl. The Hall–Kier alpha value is -2.71. The first kappa shape index (κ1) is 21.6. The third-order valence-electron chi connectivity index (χ3n) is 3.43. The molecule has 0 saturated heterocycles. The first-order chi connectivity index (χ1) is 13.4. The van der Waals surface area contributed by atoms with Crippen LogP contribution in [0.4, 0.5) is 5.69 Å². The summed E-state index contributed by atoms with van der Waals surface area (Å²) in [4.78, 5) is 11.5. The lowest BCUT2D eigenvalue weighted by Gasteiger charge is -2.12. The maximum atomic E-state index is 12.5. The molecule has 7 nitrogen and oxygen atoms in total. The fraction of sp³-hybridized carbons (Fsp3) is 0.211. The summed E-state index contributed by atoms with van der Waals surface area (Å²) in [7, 11) is -3.84. The average molecular weight is 425 g/mol. The van der Waals surface area contributed by atoms with Crippen LogP contribution < -0.4 is 19.5 Å². The number of nitrogens with one attached hydrogen (secondary N) is 2. The van der Waals surface area contributed by atoms with Crippen LogP contribution in [0.25, 0.3) is 0 Å². The second kappa shape index (κ2) is 10.0. The van der Waals surface area contributed by atoms with Gasteiger partial charge in [0.15, 0.2) is 6.61 Å². The van der Waals surface area contributed by atoms with Gasteiger partial charge in [-0.2, -0.15) is 0 Å². The lowest BCUT2D eigenvalue weighted by Crippen LogP contribution is -2.28. The predicted molar refractivity (Wildman–Crippen MR) is 109 cm³/mol. The standard InChI is InChI=1S/C19H21ClN2O5S/c1-3-11-21-19(23)13-27-18-10-9-16(12-17(18)20)28(24,25)22-14-5-7-15(8-6-14)26-4-2/h3,5-10,12,22H,1,4,11,13H2,2H3,(H,21,23). The highest BCUT2D eigenvalue weighted by molar-refractivity contribution is 7.92. The molecular weight excluding hydrogens is 404 g/mol. The van der Waals surface area contributed by atoms with E-state index in [0.717, 1.165) is 0 Å². The van der Waals surface area contributed by atoms with E-state index in [0.29, 0.717) is 24.6 Å². The van der Waals surface area contributed by atoms with Crippen LogP contribution in [0.5, 0.6) is 11.5 Å². The number of halogens is 1. The van der Waals surface area contributed by atoms with Crippen molar-refractivity contribution < 1.29 is 22.7 Å². The van der Waals surface area contributed by atoms with Crippen molar-refractivity contribution in [3.63, 3.8) is 0 Å². The second-order valence-electron chi connectivity index (χ2n) is 5.54. The van der Waals surface area contributed by atoms with E-state index in [1.807, 2.05) is 6.92 Å². The minimum atomic E-state index is -3.84. The van der Waals surface area contributed by atoms with Crippen LogP contribution >= 0.6 is 11.6 Å². The fourth-order valence-electron chi connectivity index (χ4n) is 2.15. The maximum absolute atomic E-state index is 12.5. The van der Waals surface area contributed by atoms with Gasteiger partial charge in [0.05, 0.1) is 16.5 Å². The number of amides is 1. The largest absolute Gasteiger partial charge is 0.494 e. The normalized spacial score (nSPS) is 10.8. The molecule has 0 unspecified atom stereocenters. The number of carbonyl (C=O) groups is 1. The van der Waals surface area contributed by atoms with Gasteiger partial charge in [-0.15, -0.1) is 6.58 Å². The number of ether oxygens (including phenoxy) is 2. The van der Waals surface area contributed by atoms with Gasteiger partial charge in [-0.3, -0.25) is 9.52 Å². The zero-order valence-electron chi connectivity index (χ0n) is 15.3. The Morgan fingerprint density at radius 3 is 2.50 bits per heavy atom. The molecule has 0 aliphatic rings. The van der Waals surface area contributed by atoms with Crippen LogP contribution in [-0.2, 0) is 14.8 Å². The highest BCUT2D eigenvalue weighted by atomic mass is 35.5. The topological polar surface area (TPSA) is 93.7 Å². The monoisotopic (exact) mass is 424 g/mol. The molecule has 0 aliphatic heterocycles. The van der Waals surface area contributed by atoms with Crippen molar-refractivity contribution in [1.82, 2.24) is 5.32 Å². The molecule has 0 saturated carbocycles. The van der Waals surface area contributed by atoms with Gasteiger partial charge >= 0.3 is 0 Å². The zero-order valence-corrected chi connectivity index (χ0v) is 16.8. The first-order valence-electron chi connectivity index (χ1n) is 8.41. The Kier molecular flexibility index (Phi) is 7.71. The zero-order chi connectivity index (χ0) is 20.6. The number of hydrogen-bond donors (Lipinski definition) is 2. The Morgan fingerprint density at radius 1 is 1.18 bits per heavy atom. The van der Waals surface area contributed by atoms with Gasteiger partial charge in [0.2, 0.25) is 0 Å². The molecule has 2 aromatic rings. The molecule has 2 N–H and O–H groups in total. The molecule has 0 aliphatic carbocycles. The van der Waals surface area contributed by atoms with E-state index in [1.54, 1.807) is 30.3 Å². The van der Waals surface area contributed by atoms with E-state index in [-0.39, 0.29) is 28.2 Å². The molecule has 0 spiro atoms. The smallest absolute Gasteiger partial charge is 0.261 e. The summed E-state index contributed by atoms with van der Waals surface area (Å²) < 4.78 is 38.2. The van der Waals surface area contributed by atoms with Crippen LogP contribution in [-0.4, -0.2) is 34.1 Å². The Balaban J connectivity index is 2.06. The Morgan fingerprint density at radius 2 is 1.89 bits per heavy atom. The quantitative estimate of drug-likeness (QED) is 0.571. The lowest BCUT2D eigenvalue weighted by atomic mass is 10.3. The first-order valence-corrected chi connectivity index (χ1v) is 10.3. The van der Waals surface area contributed by atoms with E-state index >= 15 is 0 Å². The molecule has 150 valence electrons. The molecule has 0 atom stereocenters. The number of carbonyl (C=O) groups excluding carboxylic acids is 1. The van der Waals surface area contributed by atoms with Gasteiger partial charge in [-0.1, -0.05) is 17.7 Å². The number of rotatable bonds is 10. The van der Waals surface area contributed by atoms with Crippen LogP contribution in [0.1, 0.15) is 6.92 Å². The summed E-state index contributed by atoms with van der Waals surface area (Å²) >= 11 is 6.10.